The van der Waals surface area contributed by atoms with Gasteiger partial charge in [0.25, 0.3) is 0 Å². The predicted octanol–water partition coefficient (Wildman–Crippen LogP) is 3.00. The van der Waals surface area contributed by atoms with Crippen molar-refractivity contribution in [3.8, 4) is 5.75 Å². The molecule has 186 valence electrons. The highest BCUT2D eigenvalue weighted by Gasteiger charge is 2.52. The van der Waals surface area contributed by atoms with E-state index >= 15 is 0 Å². The molecule has 10 heteroatoms. The summed E-state index contributed by atoms with van der Waals surface area (Å²) in [5, 5.41) is 2.82. The van der Waals surface area contributed by atoms with Gasteiger partial charge in [0.2, 0.25) is 10.0 Å². The largest absolute Gasteiger partial charge is 0.497 e. The number of nitrogens with zero attached hydrogens (tertiary/aromatic N) is 1. The molecule has 0 bridgehead atoms. The van der Waals surface area contributed by atoms with Gasteiger partial charge in [0.1, 0.15) is 11.9 Å². The zero-order valence-corrected chi connectivity index (χ0v) is 20.9. The van der Waals surface area contributed by atoms with Crippen LogP contribution in [0.25, 0.3) is 0 Å². The average Bonchev–Trinajstić information content (AvgIpc) is 3.28. The predicted molar refractivity (Wildman–Crippen MR) is 122 cm³/mol. The SMILES string of the molecule is COc1ccc(S(=O)(=O)N(CC[C@H](C)NC(=O)O[C@H]2CO[C@@]3(C)OCC[C@@H]23)CC(C)C)cc1. The van der Waals surface area contributed by atoms with Crippen molar-refractivity contribution in [1.29, 1.82) is 0 Å². The third-order valence-corrected chi connectivity index (χ3v) is 8.05. The fraction of sp³-hybridized carbons (Fsp3) is 0.696. The van der Waals surface area contributed by atoms with Gasteiger partial charge in [0, 0.05) is 19.1 Å². The Morgan fingerprint density at radius 1 is 1.24 bits per heavy atom. The minimum absolute atomic E-state index is 0.0229. The molecule has 33 heavy (non-hydrogen) atoms. The van der Waals surface area contributed by atoms with E-state index in [1.807, 2.05) is 27.7 Å². The van der Waals surface area contributed by atoms with Crippen molar-refractivity contribution in [3.63, 3.8) is 0 Å². The second-order valence-corrected chi connectivity index (χ2v) is 11.2. The minimum Gasteiger partial charge on any atom is -0.497 e. The molecule has 1 aromatic carbocycles. The van der Waals surface area contributed by atoms with Crippen LogP contribution >= 0.6 is 0 Å². The number of benzene rings is 1. The zero-order valence-electron chi connectivity index (χ0n) is 20.1. The summed E-state index contributed by atoms with van der Waals surface area (Å²) in [4.78, 5) is 12.6. The monoisotopic (exact) mass is 484 g/mol. The van der Waals surface area contributed by atoms with E-state index < -0.39 is 21.9 Å². The van der Waals surface area contributed by atoms with Gasteiger partial charge in [-0.3, -0.25) is 0 Å². The summed E-state index contributed by atoms with van der Waals surface area (Å²) >= 11 is 0. The number of carbonyl (C=O) groups is 1. The first-order chi connectivity index (χ1) is 15.5. The number of fused-ring (bicyclic) bond motifs is 1. The Bertz CT molecular complexity index is 906. The Hall–Kier alpha value is -1.88. The lowest BCUT2D eigenvalue weighted by Gasteiger charge is -2.26. The quantitative estimate of drug-likeness (QED) is 0.544. The molecule has 1 N–H and O–H groups in total. The molecule has 2 saturated heterocycles. The fourth-order valence-electron chi connectivity index (χ4n) is 4.31. The Morgan fingerprint density at radius 2 is 1.94 bits per heavy atom. The highest BCUT2D eigenvalue weighted by molar-refractivity contribution is 7.89. The zero-order chi connectivity index (χ0) is 24.2. The van der Waals surface area contributed by atoms with Crippen LogP contribution in [-0.2, 0) is 24.2 Å². The van der Waals surface area contributed by atoms with Crippen molar-refractivity contribution in [1.82, 2.24) is 9.62 Å². The Labute approximate surface area is 196 Å². The molecule has 0 unspecified atom stereocenters. The smallest absolute Gasteiger partial charge is 0.407 e. The number of hydrogen-bond donors (Lipinski definition) is 1. The highest BCUT2D eigenvalue weighted by Crippen LogP contribution is 2.41. The molecule has 0 saturated carbocycles. The van der Waals surface area contributed by atoms with Gasteiger partial charge in [-0.05, 0) is 56.9 Å². The van der Waals surface area contributed by atoms with Gasteiger partial charge in [-0.25, -0.2) is 13.2 Å². The van der Waals surface area contributed by atoms with Gasteiger partial charge >= 0.3 is 6.09 Å². The van der Waals surface area contributed by atoms with Crippen LogP contribution in [0.1, 0.15) is 40.5 Å². The maximum Gasteiger partial charge on any atom is 0.407 e. The van der Waals surface area contributed by atoms with Crippen molar-refractivity contribution in [2.75, 3.05) is 33.4 Å². The molecule has 2 aliphatic rings. The first-order valence-corrected chi connectivity index (χ1v) is 12.9. The van der Waals surface area contributed by atoms with Crippen LogP contribution in [-0.4, -0.2) is 70.2 Å². The van der Waals surface area contributed by atoms with Crippen molar-refractivity contribution in [3.05, 3.63) is 24.3 Å². The Morgan fingerprint density at radius 3 is 2.58 bits per heavy atom. The van der Waals surface area contributed by atoms with Crippen molar-refractivity contribution < 1.29 is 32.2 Å². The molecule has 1 amide bonds. The molecule has 0 spiro atoms. The molecule has 2 fully saturated rings. The number of alkyl carbamates (subject to hydrolysis) is 1. The summed E-state index contributed by atoms with van der Waals surface area (Å²) in [5.74, 6) is 0.0909. The number of carbonyl (C=O) groups excluding carboxylic acids is 1. The van der Waals surface area contributed by atoms with Crippen LogP contribution in [0.15, 0.2) is 29.2 Å². The topological polar surface area (TPSA) is 103 Å². The maximum absolute atomic E-state index is 13.2. The molecule has 2 heterocycles. The molecule has 9 nitrogen and oxygen atoms in total. The van der Waals surface area contributed by atoms with Gasteiger partial charge in [-0.15, -0.1) is 0 Å². The van der Waals surface area contributed by atoms with Gasteiger partial charge in [-0.2, -0.15) is 4.31 Å². The van der Waals surface area contributed by atoms with E-state index in [-0.39, 0.29) is 35.4 Å². The number of ether oxygens (including phenoxy) is 4. The average molecular weight is 485 g/mol. The third-order valence-electron chi connectivity index (χ3n) is 6.17. The van der Waals surface area contributed by atoms with E-state index in [0.717, 1.165) is 6.42 Å². The van der Waals surface area contributed by atoms with Crippen LogP contribution in [0.3, 0.4) is 0 Å². The fourth-order valence-corrected chi connectivity index (χ4v) is 5.92. The second-order valence-electron chi connectivity index (χ2n) is 9.28. The summed E-state index contributed by atoms with van der Waals surface area (Å²) in [5.41, 5.74) is 0. The number of hydrogen-bond acceptors (Lipinski definition) is 7. The van der Waals surface area contributed by atoms with E-state index in [0.29, 0.717) is 31.9 Å². The maximum atomic E-state index is 13.2. The van der Waals surface area contributed by atoms with Crippen LogP contribution in [0, 0.1) is 11.8 Å². The first-order valence-electron chi connectivity index (χ1n) is 11.4. The summed E-state index contributed by atoms with van der Waals surface area (Å²) in [6.07, 6.45) is 0.360. The van der Waals surface area contributed by atoms with E-state index in [2.05, 4.69) is 5.32 Å². The Kier molecular flexibility index (Phi) is 8.26. The second kappa shape index (κ2) is 10.6. The molecular formula is C23H36N2O7S. The number of sulfonamides is 1. The molecule has 3 rings (SSSR count). The van der Waals surface area contributed by atoms with Crippen LogP contribution in [0.2, 0.25) is 0 Å². The number of rotatable bonds is 10. The number of methoxy groups -OCH3 is 1. The normalized spacial score (nSPS) is 25.8. The summed E-state index contributed by atoms with van der Waals surface area (Å²) in [6.45, 7) is 9.21. The molecule has 1 aromatic rings. The number of nitrogens with one attached hydrogen (secondary N) is 1. The van der Waals surface area contributed by atoms with Crippen LogP contribution < -0.4 is 10.1 Å². The van der Waals surface area contributed by atoms with Gasteiger partial charge in [0.15, 0.2) is 5.79 Å². The van der Waals surface area contributed by atoms with Crippen LogP contribution in [0.5, 0.6) is 5.75 Å². The number of amides is 1. The molecule has 0 aliphatic carbocycles. The molecule has 0 radical (unpaired) electrons. The molecular weight excluding hydrogens is 448 g/mol. The lowest BCUT2D eigenvalue weighted by atomic mass is 9.96. The van der Waals surface area contributed by atoms with Crippen molar-refractivity contribution >= 4 is 16.1 Å². The highest BCUT2D eigenvalue weighted by atomic mass is 32.2. The Balaban J connectivity index is 1.56. The van der Waals surface area contributed by atoms with Crippen molar-refractivity contribution in [2.24, 2.45) is 11.8 Å². The molecule has 0 aromatic heterocycles. The third kappa shape index (κ3) is 6.17. The standard InChI is InChI=1S/C23H36N2O7S/c1-16(2)14-25(33(27,28)19-8-6-18(29-5)7-9-19)12-10-17(3)24-22(26)32-21-15-31-23(4)20(21)11-13-30-23/h6-9,16-17,20-21H,10-15H2,1-5H3,(H,24,26)/t17-,20-,21-,23+/m0/s1. The summed E-state index contributed by atoms with van der Waals surface area (Å²) < 4.78 is 49.9. The van der Waals surface area contributed by atoms with Gasteiger partial charge in [0.05, 0.1) is 31.1 Å². The minimum atomic E-state index is -3.68. The first kappa shape index (κ1) is 25.7. The van der Waals surface area contributed by atoms with Gasteiger partial charge < -0.3 is 24.3 Å². The van der Waals surface area contributed by atoms with Crippen molar-refractivity contribution in [2.45, 2.75) is 63.4 Å². The summed E-state index contributed by atoms with van der Waals surface area (Å²) in [7, 11) is -2.14. The van der Waals surface area contributed by atoms with Gasteiger partial charge in [-0.1, -0.05) is 13.8 Å². The van der Waals surface area contributed by atoms with E-state index in [1.54, 1.807) is 24.3 Å². The molecule has 4 atom stereocenters. The lowest BCUT2D eigenvalue weighted by Crippen LogP contribution is -2.41. The van der Waals surface area contributed by atoms with Crippen LogP contribution in [0.4, 0.5) is 4.79 Å². The van der Waals surface area contributed by atoms with E-state index in [9.17, 15) is 13.2 Å². The van der Waals surface area contributed by atoms with E-state index in [1.165, 1.54) is 11.4 Å². The summed E-state index contributed by atoms with van der Waals surface area (Å²) in [6, 6.07) is 6.09. The lowest BCUT2D eigenvalue weighted by molar-refractivity contribution is -0.181. The van der Waals surface area contributed by atoms with E-state index in [4.69, 9.17) is 18.9 Å². The molecule has 2 aliphatic heterocycles.